The normalized spacial score (nSPS) is 12.2. The molecule has 0 atom stereocenters. The van der Waals surface area contributed by atoms with E-state index in [-0.39, 0.29) is 31.0 Å². The molecule has 80 valence electrons. The van der Waals surface area contributed by atoms with Crippen molar-refractivity contribution in [2.45, 2.75) is 12.8 Å². The summed E-state index contributed by atoms with van der Waals surface area (Å²) >= 11 is 1.71. The molecule has 1 aromatic heterocycles. The first kappa shape index (κ1) is 13.8. The summed E-state index contributed by atoms with van der Waals surface area (Å²) < 4.78 is 5.42. The number of fused-ring (bicyclic) bond motifs is 1. The Hall–Kier alpha value is -0.280. The number of hydrogen-bond acceptors (Lipinski definition) is 2. The number of ether oxygens (including phenoxy) is 1. The summed E-state index contributed by atoms with van der Waals surface area (Å²) in [4.78, 5) is 0. The van der Waals surface area contributed by atoms with Crippen molar-refractivity contribution in [1.82, 2.24) is 0 Å². The van der Waals surface area contributed by atoms with Crippen molar-refractivity contribution in [3.8, 4) is 5.75 Å². The number of hydrogen-bond donors (Lipinski definition) is 0. The van der Waals surface area contributed by atoms with Crippen molar-refractivity contribution in [1.29, 1.82) is 0 Å². The van der Waals surface area contributed by atoms with Crippen LogP contribution in [0.4, 0.5) is 0 Å². The maximum absolute atomic E-state index is 5.42. The fourth-order valence-corrected chi connectivity index (χ4v) is 1.98. The smallest absolute Gasteiger partial charge is 1.00 e. The molecule has 16 heavy (non-hydrogen) atoms. The molecule has 0 aliphatic carbocycles. The van der Waals surface area contributed by atoms with Gasteiger partial charge in [-0.3, -0.25) is 0 Å². The minimum Gasteiger partial charge on any atom is -1.00 e. The fraction of sp³-hybridized carbons (Fsp3) is 0.231. The molecule has 3 rings (SSSR count). The van der Waals surface area contributed by atoms with E-state index in [9.17, 15) is 0 Å². The van der Waals surface area contributed by atoms with Crippen LogP contribution in [-0.4, -0.2) is 6.61 Å². The molecule has 0 bridgehead atoms. The Balaban J connectivity index is 0.000000318. The molecule has 0 N–H and O–H groups in total. The van der Waals surface area contributed by atoms with Crippen LogP contribution in [0.25, 0.3) is 0 Å². The van der Waals surface area contributed by atoms with E-state index >= 15 is 0 Å². The Labute approximate surface area is 124 Å². The van der Waals surface area contributed by atoms with Gasteiger partial charge in [0.05, 0.1) is 6.61 Å². The zero-order valence-corrected chi connectivity index (χ0v) is 12.4. The predicted molar refractivity (Wildman–Crippen MR) is 65.7 cm³/mol. The standard InChI is InChI=1S/C9H10O.C4H4S.Na.H/c1-2-6-9-8(4-1)5-3-7-10-9;1-2-4-5-3-1;;/h1-2,4,6H,3,5,7H2;1-4H;;/q;;+1;-1. The quantitative estimate of drug-likeness (QED) is 0.623. The van der Waals surface area contributed by atoms with Crippen LogP contribution in [-0.2, 0) is 6.42 Å². The van der Waals surface area contributed by atoms with Gasteiger partial charge in [0.15, 0.2) is 0 Å². The number of thiophene rings is 1. The molecular weight excluding hydrogens is 227 g/mol. The van der Waals surface area contributed by atoms with Crippen molar-refractivity contribution in [2.24, 2.45) is 0 Å². The SMILES string of the molecule is [H-].[Na+].c1ccc2c(c1)CCCO2.c1ccsc1. The summed E-state index contributed by atoms with van der Waals surface area (Å²) in [6.07, 6.45) is 2.34. The third-order valence-electron chi connectivity index (χ3n) is 2.25. The van der Waals surface area contributed by atoms with Crippen molar-refractivity contribution >= 4 is 11.3 Å². The Kier molecular flexibility index (Phi) is 6.81. The molecule has 0 fully saturated rings. The second-order valence-electron chi connectivity index (χ2n) is 3.35. The van der Waals surface area contributed by atoms with E-state index < -0.39 is 0 Å². The maximum atomic E-state index is 5.42. The maximum Gasteiger partial charge on any atom is 1.00 e. The molecule has 0 saturated heterocycles. The van der Waals surface area contributed by atoms with E-state index in [1.807, 2.05) is 35.0 Å². The van der Waals surface area contributed by atoms with Crippen molar-refractivity contribution in [3.05, 3.63) is 52.7 Å². The fourth-order valence-electron chi connectivity index (χ4n) is 1.52. The summed E-state index contributed by atoms with van der Waals surface area (Å²) in [5.41, 5.74) is 1.36. The number of benzene rings is 1. The second-order valence-corrected chi connectivity index (χ2v) is 4.17. The molecule has 1 nitrogen and oxygen atoms in total. The molecule has 1 aliphatic heterocycles. The van der Waals surface area contributed by atoms with Gasteiger partial charge in [-0.05, 0) is 35.2 Å². The Morgan fingerprint density at radius 3 is 2.44 bits per heavy atom. The first-order chi connectivity index (χ1) is 7.47. The van der Waals surface area contributed by atoms with Crippen LogP contribution in [0, 0.1) is 0 Å². The number of aryl methyl sites for hydroxylation is 1. The van der Waals surface area contributed by atoms with Crippen LogP contribution < -0.4 is 34.3 Å². The van der Waals surface area contributed by atoms with Gasteiger partial charge in [0, 0.05) is 0 Å². The van der Waals surface area contributed by atoms with Gasteiger partial charge in [0.2, 0.25) is 0 Å². The van der Waals surface area contributed by atoms with Gasteiger partial charge >= 0.3 is 29.6 Å². The van der Waals surface area contributed by atoms with E-state index in [0.29, 0.717) is 0 Å². The summed E-state index contributed by atoms with van der Waals surface area (Å²) in [7, 11) is 0. The first-order valence-electron chi connectivity index (χ1n) is 5.15. The molecule has 0 radical (unpaired) electrons. The molecular formula is C13H15NaOS. The van der Waals surface area contributed by atoms with E-state index in [1.54, 1.807) is 11.3 Å². The predicted octanol–water partition coefficient (Wildman–Crippen LogP) is 0.876. The summed E-state index contributed by atoms with van der Waals surface area (Å²) in [6.45, 7) is 0.886. The average molecular weight is 242 g/mol. The van der Waals surface area contributed by atoms with Gasteiger partial charge in [-0.25, -0.2) is 0 Å². The number of para-hydroxylation sites is 1. The Morgan fingerprint density at radius 1 is 1.06 bits per heavy atom. The minimum absolute atomic E-state index is 0. The van der Waals surface area contributed by atoms with Crippen LogP contribution in [0.3, 0.4) is 0 Å². The third kappa shape index (κ3) is 4.30. The van der Waals surface area contributed by atoms with Crippen molar-refractivity contribution < 1.29 is 35.7 Å². The summed E-state index contributed by atoms with van der Waals surface area (Å²) in [5, 5.41) is 4.08. The molecule has 3 heteroatoms. The largest absolute Gasteiger partial charge is 1.00 e. The van der Waals surface area contributed by atoms with E-state index in [2.05, 4.69) is 12.1 Å². The first-order valence-corrected chi connectivity index (χ1v) is 6.09. The molecule has 2 heterocycles. The van der Waals surface area contributed by atoms with E-state index in [0.717, 1.165) is 18.8 Å². The van der Waals surface area contributed by atoms with Gasteiger partial charge in [0.1, 0.15) is 5.75 Å². The van der Waals surface area contributed by atoms with Crippen molar-refractivity contribution in [2.75, 3.05) is 6.61 Å². The molecule has 0 spiro atoms. The zero-order chi connectivity index (χ0) is 10.3. The molecule has 2 aromatic rings. The van der Waals surface area contributed by atoms with Gasteiger partial charge in [-0.1, -0.05) is 30.3 Å². The summed E-state index contributed by atoms with van der Waals surface area (Å²) in [5.74, 6) is 1.08. The molecule has 1 aromatic carbocycles. The van der Waals surface area contributed by atoms with Crippen LogP contribution in [0.1, 0.15) is 13.4 Å². The van der Waals surface area contributed by atoms with Gasteiger partial charge < -0.3 is 6.16 Å². The summed E-state index contributed by atoms with van der Waals surface area (Å²) in [6, 6.07) is 12.3. The van der Waals surface area contributed by atoms with Gasteiger partial charge in [0.25, 0.3) is 0 Å². The Morgan fingerprint density at radius 2 is 1.81 bits per heavy atom. The number of rotatable bonds is 0. The zero-order valence-electron chi connectivity index (χ0n) is 10.6. The van der Waals surface area contributed by atoms with Gasteiger partial charge in [-0.15, -0.1) is 0 Å². The topological polar surface area (TPSA) is 9.23 Å². The monoisotopic (exact) mass is 242 g/mol. The minimum atomic E-state index is 0. The van der Waals surface area contributed by atoms with Crippen molar-refractivity contribution in [3.63, 3.8) is 0 Å². The molecule has 1 aliphatic rings. The van der Waals surface area contributed by atoms with Crippen LogP contribution in [0.15, 0.2) is 47.2 Å². The van der Waals surface area contributed by atoms with E-state index in [4.69, 9.17) is 4.74 Å². The van der Waals surface area contributed by atoms with E-state index in [1.165, 1.54) is 12.0 Å². The van der Waals surface area contributed by atoms with Gasteiger partial charge in [-0.2, -0.15) is 11.3 Å². The average Bonchev–Trinajstić information content (AvgIpc) is 2.88. The van der Waals surface area contributed by atoms with Crippen LogP contribution in [0.5, 0.6) is 5.75 Å². The molecule has 0 unspecified atom stereocenters. The Bertz CT molecular complexity index is 350. The third-order valence-corrected chi connectivity index (χ3v) is 2.87. The van der Waals surface area contributed by atoms with Crippen LogP contribution in [0.2, 0.25) is 0 Å². The van der Waals surface area contributed by atoms with Crippen LogP contribution >= 0.6 is 11.3 Å². The second kappa shape index (κ2) is 7.91. The molecule has 0 saturated carbocycles. The molecule has 0 amide bonds.